The number of methoxy groups -OCH3 is 2. The summed E-state index contributed by atoms with van der Waals surface area (Å²) in [6.45, 7) is 7.66. The van der Waals surface area contributed by atoms with E-state index in [1.165, 1.54) is 5.69 Å². The highest BCUT2D eigenvalue weighted by Gasteiger charge is 2.28. The molecule has 106 valence electrons. The van der Waals surface area contributed by atoms with E-state index in [1.54, 1.807) is 14.2 Å². The molecule has 1 heterocycles. The molecule has 0 saturated carbocycles. The molecule has 0 spiro atoms. The van der Waals surface area contributed by atoms with E-state index >= 15 is 0 Å². The topological polar surface area (TPSA) is 33.7 Å². The summed E-state index contributed by atoms with van der Waals surface area (Å²) in [6, 6.07) is 6.14. The second-order valence-corrected chi connectivity index (χ2v) is 5.50. The average molecular weight is 264 g/mol. The minimum absolute atomic E-state index is 0.142. The van der Waals surface area contributed by atoms with Crippen LogP contribution < -0.4 is 19.7 Å². The average Bonchev–Trinajstić information content (AvgIpc) is 2.58. The van der Waals surface area contributed by atoms with Gasteiger partial charge in [-0.2, -0.15) is 0 Å². The van der Waals surface area contributed by atoms with Crippen molar-refractivity contribution < 1.29 is 9.47 Å². The van der Waals surface area contributed by atoms with Gasteiger partial charge in [-0.05, 0) is 38.9 Å². The first-order chi connectivity index (χ1) is 9.08. The highest BCUT2D eigenvalue weighted by Crippen LogP contribution is 2.35. The fourth-order valence-corrected chi connectivity index (χ4v) is 2.62. The van der Waals surface area contributed by atoms with Crippen molar-refractivity contribution in [1.29, 1.82) is 0 Å². The van der Waals surface area contributed by atoms with Gasteiger partial charge in [0, 0.05) is 30.4 Å². The zero-order valence-electron chi connectivity index (χ0n) is 12.3. The Morgan fingerprint density at radius 2 is 1.84 bits per heavy atom. The van der Waals surface area contributed by atoms with Gasteiger partial charge in [0.05, 0.1) is 14.2 Å². The fourth-order valence-electron chi connectivity index (χ4n) is 2.62. The molecule has 19 heavy (non-hydrogen) atoms. The third-order valence-electron chi connectivity index (χ3n) is 3.84. The van der Waals surface area contributed by atoms with Crippen LogP contribution in [-0.4, -0.2) is 39.4 Å². The van der Waals surface area contributed by atoms with Gasteiger partial charge >= 0.3 is 0 Å². The lowest BCUT2D eigenvalue weighted by Crippen LogP contribution is -2.44. The van der Waals surface area contributed by atoms with E-state index in [1.807, 2.05) is 6.07 Å². The molecule has 2 rings (SSSR count). The maximum Gasteiger partial charge on any atom is 0.162 e. The van der Waals surface area contributed by atoms with Crippen molar-refractivity contribution in [3.8, 4) is 11.5 Å². The van der Waals surface area contributed by atoms with Crippen molar-refractivity contribution in [3.63, 3.8) is 0 Å². The molecule has 1 N–H and O–H groups in total. The lowest BCUT2D eigenvalue weighted by Gasteiger charge is -2.39. The molecular formula is C15H24N2O2. The van der Waals surface area contributed by atoms with Crippen molar-refractivity contribution in [2.45, 2.75) is 25.8 Å². The van der Waals surface area contributed by atoms with Crippen LogP contribution in [0.25, 0.3) is 0 Å². The minimum atomic E-state index is 0.142. The molecule has 0 atom stereocenters. The number of benzene rings is 1. The number of nitrogens with zero attached hydrogens (tertiary/aromatic N) is 1. The monoisotopic (exact) mass is 264 g/mol. The summed E-state index contributed by atoms with van der Waals surface area (Å²) in [4.78, 5) is 2.44. The van der Waals surface area contributed by atoms with Gasteiger partial charge in [-0.25, -0.2) is 0 Å². The zero-order chi connectivity index (χ0) is 13.9. The molecule has 1 aromatic rings. The quantitative estimate of drug-likeness (QED) is 0.908. The summed E-state index contributed by atoms with van der Waals surface area (Å²) < 4.78 is 10.7. The van der Waals surface area contributed by atoms with Crippen LogP contribution in [0.3, 0.4) is 0 Å². The van der Waals surface area contributed by atoms with Gasteiger partial charge in [-0.3, -0.25) is 0 Å². The largest absolute Gasteiger partial charge is 0.493 e. The van der Waals surface area contributed by atoms with Crippen LogP contribution in [-0.2, 0) is 0 Å². The Labute approximate surface area is 115 Å². The summed E-state index contributed by atoms with van der Waals surface area (Å²) in [5.74, 6) is 1.56. The summed E-state index contributed by atoms with van der Waals surface area (Å²) in [7, 11) is 3.34. The third-order valence-corrected chi connectivity index (χ3v) is 3.84. The second-order valence-electron chi connectivity index (χ2n) is 5.50. The van der Waals surface area contributed by atoms with E-state index in [0.717, 1.165) is 37.6 Å². The molecule has 1 saturated heterocycles. The first-order valence-electron chi connectivity index (χ1n) is 6.79. The Kier molecular flexibility index (Phi) is 4.20. The molecule has 1 aliphatic rings. The lowest BCUT2D eigenvalue weighted by atomic mass is 9.97. The lowest BCUT2D eigenvalue weighted by molar-refractivity contribution is 0.354. The summed E-state index contributed by atoms with van der Waals surface area (Å²) in [5, 5.41) is 3.46. The number of hydrogen-bond donors (Lipinski definition) is 1. The maximum atomic E-state index is 5.40. The Morgan fingerprint density at radius 3 is 2.53 bits per heavy atom. The summed E-state index contributed by atoms with van der Waals surface area (Å²) in [5.41, 5.74) is 1.33. The standard InChI is InChI=1S/C15H24N2O2/c1-15(2)7-8-16-9-10-17(15)12-5-6-13(18-3)14(11-12)19-4/h5-6,11,16H,7-10H2,1-4H3. The van der Waals surface area contributed by atoms with Crippen molar-refractivity contribution >= 4 is 5.69 Å². The van der Waals surface area contributed by atoms with E-state index in [0.29, 0.717) is 0 Å². The van der Waals surface area contributed by atoms with Gasteiger partial charge in [-0.1, -0.05) is 0 Å². The Bertz CT molecular complexity index is 432. The molecular weight excluding hydrogens is 240 g/mol. The predicted octanol–water partition coefficient (Wildman–Crippen LogP) is 2.28. The van der Waals surface area contributed by atoms with E-state index < -0.39 is 0 Å². The maximum absolute atomic E-state index is 5.40. The van der Waals surface area contributed by atoms with Crippen LogP contribution >= 0.6 is 0 Å². The zero-order valence-corrected chi connectivity index (χ0v) is 12.3. The van der Waals surface area contributed by atoms with Crippen LogP contribution in [0, 0.1) is 0 Å². The molecule has 1 aromatic carbocycles. The molecule has 0 bridgehead atoms. The first-order valence-corrected chi connectivity index (χ1v) is 6.79. The van der Waals surface area contributed by atoms with Crippen molar-refractivity contribution in [2.75, 3.05) is 38.8 Å². The number of hydrogen-bond acceptors (Lipinski definition) is 4. The second kappa shape index (κ2) is 5.70. The summed E-state index contributed by atoms with van der Waals surface area (Å²) in [6.07, 6.45) is 1.13. The van der Waals surface area contributed by atoms with Crippen LogP contribution in [0.15, 0.2) is 18.2 Å². The van der Waals surface area contributed by atoms with Crippen molar-refractivity contribution in [3.05, 3.63) is 18.2 Å². The van der Waals surface area contributed by atoms with Gasteiger partial charge in [0.1, 0.15) is 0 Å². The number of ether oxygens (including phenoxy) is 2. The highest BCUT2D eigenvalue weighted by molar-refractivity contribution is 5.57. The molecule has 0 amide bonds. The van der Waals surface area contributed by atoms with Gasteiger partial charge in [0.2, 0.25) is 0 Å². The third kappa shape index (κ3) is 2.95. The van der Waals surface area contributed by atoms with E-state index in [9.17, 15) is 0 Å². The molecule has 4 heteroatoms. The van der Waals surface area contributed by atoms with Gasteiger partial charge in [0.15, 0.2) is 11.5 Å². The van der Waals surface area contributed by atoms with Gasteiger partial charge < -0.3 is 19.7 Å². The van der Waals surface area contributed by atoms with E-state index in [2.05, 4.69) is 36.2 Å². The molecule has 1 fully saturated rings. The van der Waals surface area contributed by atoms with Crippen molar-refractivity contribution in [2.24, 2.45) is 0 Å². The fraction of sp³-hybridized carbons (Fsp3) is 0.600. The molecule has 1 aliphatic heterocycles. The van der Waals surface area contributed by atoms with Crippen LogP contribution in [0.1, 0.15) is 20.3 Å². The Hall–Kier alpha value is -1.42. The SMILES string of the molecule is COc1ccc(N2CCNCCC2(C)C)cc1OC. The molecule has 0 radical (unpaired) electrons. The number of anilines is 1. The van der Waals surface area contributed by atoms with Crippen LogP contribution in [0.4, 0.5) is 5.69 Å². The summed E-state index contributed by atoms with van der Waals surface area (Å²) >= 11 is 0. The number of nitrogens with one attached hydrogen (secondary N) is 1. The van der Waals surface area contributed by atoms with E-state index in [4.69, 9.17) is 9.47 Å². The Balaban J connectivity index is 2.33. The minimum Gasteiger partial charge on any atom is -0.493 e. The molecule has 0 aromatic heterocycles. The predicted molar refractivity (Wildman–Crippen MR) is 78.5 cm³/mol. The molecule has 0 unspecified atom stereocenters. The van der Waals surface area contributed by atoms with Crippen LogP contribution in [0.2, 0.25) is 0 Å². The highest BCUT2D eigenvalue weighted by atomic mass is 16.5. The van der Waals surface area contributed by atoms with Crippen LogP contribution in [0.5, 0.6) is 11.5 Å². The Morgan fingerprint density at radius 1 is 1.11 bits per heavy atom. The van der Waals surface area contributed by atoms with Gasteiger partial charge in [0.25, 0.3) is 0 Å². The first kappa shape index (κ1) is 14.0. The normalized spacial score (nSPS) is 18.8. The number of rotatable bonds is 3. The van der Waals surface area contributed by atoms with Gasteiger partial charge in [-0.15, -0.1) is 0 Å². The smallest absolute Gasteiger partial charge is 0.162 e. The molecule has 0 aliphatic carbocycles. The van der Waals surface area contributed by atoms with Crippen molar-refractivity contribution in [1.82, 2.24) is 5.32 Å². The molecule has 4 nitrogen and oxygen atoms in total. The van der Waals surface area contributed by atoms with E-state index in [-0.39, 0.29) is 5.54 Å².